The number of thiazole rings is 1. The first-order valence-corrected chi connectivity index (χ1v) is 5.84. The zero-order valence-electron chi connectivity index (χ0n) is 7.36. The second-order valence-corrected chi connectivity index (χ2v) is 4.90. The molecule has 0 aliphatic heterocycles. The molecule has 0 fully saturated rings. The van der Waals surface area contributed by atoms with E-state index in [1.165, 1.54) is 18.4 Å². The number of amides is 1. The van der Waals surface area contributed by atoms with E-state index in [1.54, 1.807) is 0 Å². The fraction of sp³-hybridized carbons (Fsp3) is 0.429. The molecule has 1 heterocycles. The first kappa shape index (κ1) is 10.3. The zero-order valence-corrected chi connectivity index (χ0v) is 9.00. The molecule has 0 spiro atoms. The number of carbonyl (C=O) groups is 1. The molecular formula is C7H10N2O2S2. The first-order valence-electron chi connectivity index (χ1n) is 3.64. The number of hydrogen-bond donors (Lipinski definition) is 1. The monoisotopic (exact) mass is 218 g/mol. The molecule has 1 aromatic rings. The van der Waals surface area contributed by atoms with Crippen LogP contribution < -0.4 is 5.32 Å². The Morgan fingerprint density at radius 1 is 1.77 bits per heavy atom. The van der Waals surface area contributed by atoms with Crippen LogP contribution in [0.4, 0.5) is 0 Å². The van der Waals surface area contributed by atoms with Gasteiger partial charge < -0.3 is 5.32 Å². The van der Waals surface area contributed by atoms with Gasteiger partial charge in [-0.2, -0.15) is 0 Å². The van der Waals surface area contributed by atoms with E-state index in [1.807, 2.05) is 12.3 Å². The van der Waals surface area contributed by atoms with Crippen LogP contribution in [0.2, 0.25) is 0 Å². The number of hydrogen-bond acceptors (Lipinski definition) is 4. The van der Waals surface area contributed by atoms with E-state index in [4.69, 9.17) is 0 Å². The van der Waals surface area contributed by atoms with Crippen LogP contribution in [0, 0.1) is 6.92 Å². The molecule has 0 saturated heterocycles. The van der Waals surface area contributed by atoms with Gasteiger partial charge in [0.2, 0.25) is 5.91 Å². The summed E-state index contributed by atoms with van der Waals surface area (Å²) in [4.78, 5) is 14.9. The molecule has 1 atom stereocenters. The third-order valence-corrected chi connectivity index (χ3v) is 3.94. The van der Waals surface area contributed by atoms with Crippen LogP contribution in [0.1, 0.15) is 5.69 Å². The first-order chi connectivity index (χ1) is 6.13. The van der Waals surface area contributed by atoms with Crippen molar-refractivity contribution in [1.82, 2.24) is 10.3 Å². The Bertz CT molecular complexity index is 335. The average molecular weight is 218 g/mol. The van der Waals surface area contributed by atoms with Gasteiger partial charge in [-0.25, -0.2) is 4.98 Å². The van der Waals surface area contributed by atoms with Crippen molar-refractivity contribution in [1.29, 1.82) is 0 Å². The standard InChI is InChI=1S/C7H10N2O2S2/c1-5-3-12-7(9-5)13(11)4-6(10)8-2/h3H,4H2,1-2H3,(H,8,10). The number of rotatable bonds is 3. The minimum Gasteiger partial charge on any atom is -0.358 e. The Kier molecular flexibility index (Phi) is 3.56. The number of nitrogens with one attached hydrogen (secondary N) is 1. The molecule has 0 aliphatic rings. The lowest BCUT2D eigenvalue weighted by molar-refractivity contribution is -0.118. The van der Waals surface area contributed by atoms with Gasteiger partial charge in [-0.15, -0.1) is 11.3 Å². The molecule has 1 amide bonds. The van der Waals surface area contributed by atoms with Crippen molar-refractivity contribution >= 4 is 28.0 Å². The fourth-order valence-electron chi connectivity index (χ4n) is 0.690. The van der Waals surface area contributed by atoms with Gasteiger partial charge in [-0.1, -0.05) is 0 Å². The van der Waals surface area contributed by atoms with E-state index in [2.05, 4.69) is 10.3 Å². The van der Waals surface area contributed by atoms with E-state index in [0.29, 0.717) is 4.34 Å². The third-order valence-electron chi connectivity index (χ3n) is 1.33. The van der Waals surface area contributed by atoms with E-state index >= 15 is 0 Å². The summed E-state index contributed by atoms with van der Waals surface area (Å²) in [5, 5.41) is 4.23. The zero-order chi connectivity index (χ0) is 9.84. The molecule has 0 saturated carbocycles. The summed E-state index contributed by atoms with van der Waals surface area (Å²) in [6.07, 6.45) is 0. The van der Waals surface area contributed by atoms with Crippen LogP contribution in [-0.2, 0) is 15.6 Å². The van der Waals surface area contributed by atoms with Gasteiger partial charge in [0.1, 0.15) is 5.75 Å². The Morgan fingerprint density at radius 3 is 2.92 bits per heavy atom. The largest absolute Gasteiger partial charge is 0.358 e. The molecule has 13 heavy (non-hydrogen) atoms. The molecule has 1 aromatic heterocycles. The number of nitrogens with zero attached hydrogens (tertiary/aromatic N) is 1. The summed E-state index contributed by atoms with van der Waals surface area (Å²) in [6, 6.07) is 0. The summed E-state index contributed by atoms with van der Waals surface area (Å²) in [6.45, 7) is 1.83. The van der Waals surface area contributed by atoms with E-state index < -0.39 is 10.8 Å². The Hall–Kier alpha value is -0.750. The van der Waals surface area contributed by atoms with Crippen LogP contribution in [-0.4, -0.2) is 27.9 Å². The maximum atomic E-state index is 11.4. The van der Waals surface area contributed by atoms with E-state index in [9.17, 15) is 9.00 Å². The SMILES string of the molecule is CNC(=O)CS(=O)c1nc(C)cs1. The van der Waals surface area contributed by atoms with Gasteiger partial charge >= 0.3 is 0 Å². The molecular weight excluding hydrogens is 208 g/mol. The van der Waals surface area contributed by atoms with Crippen molar-refractivity contribution in [2.24, 2.45) is 0 Å². The highest BCUT2D eigenvalue weighted by atomic mass is 32.2. The van der Waals surface area contributed by atoms with Crippen LogP contribution in [0.3, 0.4) is 0 Å². The second-order valence-electron chi connectivity index (χ2n) is 2.42. The van der Waals surface area contributed by atoms with Crippen LogP contribution >= 0.6 is 11.3 Å². The summed E-state index contributed by atoms with van der Waals surface area (Å²) < 4.78 is 11.9. The van der Waals surface area contributed by atoms with Crippen molar-refractivity contribution < 1.29 is 9.00 Å². The van der Waals surface area contributed by atoms with Gasteiger partial charge in [0.05, 0.1) is 10.8 Å². The molecule has 4 nitrogen and oxygen atoms in total. The molecule has 1 unspecified atom stereocenters. The summed E-state index contributed by atoms with van der Waals surface area (Å²) in [5.41, 5.74) is 0.838. The molecule has 0 aromatic carbocycles. The number of aryl methyl sites for hydroxylation is 1. The minimum absolute atomic E-state index is 0.0105. The predicted molar refractivity (Wildman–Crippen MR) is 52.2 cm³/mol. The highest BCUT2D eigenvalue weighted by Gasteiger charge is 2.11. The van der Waals surface area contributed by atoms with Gasteiger partial charge in [0, 0.05) is 18.1 Å². The van der Waals surface area contributed by atoms with Gasteiger partial charge in [-0.05, 0) is 6.92 Å². The summed E-state index contributed by atoms with van der Waals surface area (Å²) >= 11 is 1.32. The van der Waals surface area contributed by atoms with Crippen molar-refractivity contribution in [2.75, 3.05) is 12.8 Å². The Labute approximate surface area is 82.8 Å². The smallest absolute Gasteiger partial charge is 0.232 e. The maximum absolute atomic E-state index is 11.4. The van der Waals surface area contributed by atoms with Gasteiger partial charge in [-0.3, -0.25) is 9.00 Å². The molecule has 0 radical (unpaired) electrons. The highest BCUT2D eigenvalue weighted by molar-refractivity contribution is 7.87. The van der Waals surface area contributed by atoms with Gasteiger partial charge in [0.25, 0.3) is 0 Å². The minimum atomic E-state index is -1.30. The van der Waals surface area contributed by atoms with E-state index in [0.717, 1.165) is 5.69 Å². The van der Waals surface area contributed by atoms with Crippen LogP contribution in [0.5, 0.6) is 0 Å². The molecule has 0 bridgehead atoms. The van der Waals surface area contributed by atoms with Crippen molar-refractivity contribution in [3.63, 3.8) is 0 Å². The average Bonchev–Trinajstić information content (AvgIpc) is 2.51. The van der Waals surface area contributed by atoms with Crippen molar-refractivity contribution in [2.45, 2.75) is 11.3 Å². The topological polar surface area (TPSA) is 59.1 Å². The quantitative estimate of drug-likeness (QED) is 0.794. The van der Waals surface area contributed by atoms with Crippen LogP contribution in [0.15, 0.2) is 9.72 Å². The lowest BCUT2D eigenvalue weighted by Crippen LogP contribution is -2.24. The number of carbonyl (C=O) groups excluding carboxylic acids is 1. The summed E-state index contributed by atoms with van der Waals surface area (Å²) in [5.74, 6) is -0.241. The third kappa shape index (κ3) is 2.89. The highest BCUT2D eigenvalue weighted by Crippen LogP contribution is 2.12. The van der Waals surface area contributed by atoms with Crippen LogP contribution in [0.25, 0.3) is 0 Å². The maximum Gasteiger partial charge on any atom is 0.232 e. The Morgan fingerprint density at radius 2 is 2.46 bits per heavy atom. The van der Waals surface area contributed by atoms with E-state index in [-0.39, 0.29) is 11.7 Å². The fourth-order valence-corrected chi connectivity index (χ4v) is 2.71. The lowest BCUT2D eigenvalue weighted by atomic mass is 10.6. The Balaban J connectivity index is 2.64. The van der Waals surface area contributed by atoms with Gasteiger partial charge in [0.15, 0.2) is 4.34 Å². The normalized spacial score (nSPS) is 12.5. The molecule has 72 valence electrons. The second kappa shape index (κ2) is 4.48. The predicted octanol–water partition coefficient (Wildman–Crippen LogP) is 0.305. The number of aromatic nitrogens is 1. The molecule has 1 N–H and O–H groups in total. The summed E-state index contributed by atoms with van der Waals surface area (Å²) in [7, 11) is 0.223. The van der Waals surface area contributed by atoms with Crippen molar-refractivity contribution in [3.8, 4) is 0 Å². The molecule has 6 heteroatoms. The molecule has 0 aliphatic carbocycles. The van der Waals surface area contributed by atoms with Crippen molar-refractivity contribution in [3.05, 3.63) is 11.1 Å². The lowest BCUT2D eigenvalue weighted by Gasteiger charge is -1.96. The molecule has 1 rings (SSSR count).